The molecule has 1 amide bonds. The highest BCUT2D eigenvalue weighted by Gasteiger charge is 2.28. The molecule has 0 unspecified atom stereocenters. The maximum atomic E-state index is 12.8. The first-order valence-corrected chi connectivity index (χ1v) is 10.4. The molecule has 1 aliphatic heterocycles. The zero-order valence-electron chi connectivity index (χ0n) is 15.2. The van der Waals surface area contributed by atoms with Crippen molar-refractivity contribution >= 4 is 33.2 Å². The van der Waals surface area contributed by atoms with Crippen LogP contribution in [0.25, 0.3) is 0 Å². The molecule has 1 fully saturated rings. The molecule has 0 bridgehead atoms. The number of hydrogen-bond donors (Lipinski definition) is 1. The standard InChI is InChI=1S/C18H20ClN3O5S/c1-13-3-2-6-21(18(13)24)12-17(23)20-14-4-5-15(19)16(11-14)28(25,26)22-7-9-27-10-8-22/h2-6,11H,7-10,12H2,1H3,(H,20,23). The Morgan fingerprint density at radius 1 is 1.25 bits per heavy atom. The summed E-state index contributed by atoms with van der Waals surface area (Å²) in [5, 5.41) is 2.68. The first-order chi connectivity index (χ1) is 13.3. The molecule has 3 rings (SSSR count). The number of aromatic nitrogens is 1. The maximum Gasteiger partial charge on any atom is 0.253 e. The molecule has 8 nitrogen and oxygen atoms in total. The van der Waals surface area contributed by atoms with Crippen molar-refractivity contribution in [2.45, 2.75) is 18.4 Å². The molecule has 1 aromatic carbocycles. The Kier molecular flexibility index (Phi) is 6.19. The van der Waals surface area contributed by atoms with Crippen LogP contribution in [0.1, 0.15) is 5.56 Å². The average Bonchev–Trinajstić information content (AvgIpc) is 2.67. The van der Waals surface area contributed by atoms with Crippen LogP contribution in [-0.4, -0.2) is 49.5 Å². The van der Waals surface area contributed by atoms with Gasteiger partial charge in [0, 0.05) is 30.5 Å². The van der Waals surface area contributed by atoms with E-state index in [0.717, 1.165) is 0 Å². The van der Waals surface area contributed by atoms with Crippen LogP contribution in [0, 0.1) is 6.92 Å². The smallest absolute Gasteiger partial charge is 0.253 e. The van der Waals surface area contributed by atoms with E-state index in [2.05, 4.69) is 5.32 Å². The number of ether oxygens (including phenoxy) is 1. The summed E-state index contributed by atoms with van der Waals surface area (Å²) in [6, 6.07) is 7.60. The zero-order chi connectivity index (χ0) is 20.3. The number of aryl methyl sites for hydroxylation is 1. The van der Waals surface area contributed by atoms with Crippen molar-refractivity contribution in [3.05, 3.63) is 57.5 Å². The fourth-order valence-corrected chi connectivity index (χ4v) is 4.75. The number of nitrogens with zero attached hydrogens (tertiary/aromatic N) is 2. The summed E-state index contributed by atoms with van der Waals surface area (Å²) in [7, 11) is -3.81. The summed E-state index contributed by atoms with van der Waals surface area (Å²) in [5.41, 5.74) is 0.548. The molecular formula is C18H20ClN3O5S. The van der Waals surface area contributed by atoms with Crippen molar-refractivity contribution < 1.29 is 17.9 Å². The first kappa shape index (κ1) is 20.5. The quantitative estimate of drug-likeness (QED) is 0.782. The Balaban J connectivity index is 1.80. The number of benzene rings is 1. The third-order valence-corrected chi connectivity index (χ3v) is 6.71. The van der Waals surface area contributed by atoms with Crippen LogP contribution in [0.15, 0.2) is 46.2 Å². The monoisotopic (exact) mass is 425 g/mol. The third-order valence-electron chi connectivity index (χ3n) is 4.33. The largest absolute Gasteiger partial charge is 0.379 e. The number of sulfonamides is 1. The molecule has 0 radical (unpaired) electrons. The SMILES string of the molecule is Cc1cccn(CC(=O)Nc2ccc(Cl)c(S(=O)(=O)N3CCOCC3)c2)c1=O. The highest BCUT2D eigenvalue weighted by molar-refractivity contribution is 7.89. The molecule has 1 aliphatic rings. The van der Waals surface area contributed by atoms with E-state index in [1.807, 2.05) is 0 Å². The lowest BCUT2D eigenvalue weighted by atomic mass is 10.3. The lowest BCUT2D eigenvalue weighted by Crippen LogP contribution is -2.40. The van der Waals surface area contributed by atoms with Crippen molar-refractivity contribution in [3.8, 4) is 0 Å². The molecule has 2 aromatic rings. The Morgan fingerprint density at radius 3 is 2.68 bits per heavy atom. The minimum atomic E-state index is -3.81. The van der Waals surface area contributed by atoms with Crippen LogP contribution in [-0.2, 0) is 26.1 Å². The van der Waals surface area contributed by atoms with Gasteiger partial charge in [-0.3, -0.25) is 9.59 Å². The van der Waals surface area contributed by atoms with E-state index in [4.69, 9.17) is 16.3 Å². The van der Waals surface area contributed by atoms with Gasteiger partial charge in [-0.1, -0.05) is 17.7 Å². The number of morpholine rings is 1. The van der Waals surface area contributed by atoms with Crippen LogP contribution < -0.4 is 10.9 Å². The highest BCUT2D eigenvalue weighted by Crippen LogP contribution is 2.28. The number of carbonyl (C=O) groups is 1. The van der Waals surface area contributed by atoms with E-state index < -0.39 is 15.9 Å². The minimum Gasteiger partial charge on any atom is -0.379 e. The van der Waals surface area contributed by atoms with Gasteiger partial charge in [-0.05, 0) is 31.2 Å². The van der Waals surface area contributed by atoms with Gasteiger partial charge in [0.2, 0.25) is 15.9 Å². The number of nitrogens with one attached hydrogen (secondary N) is 1. The van der Waals surface area contributed by atoms with Crippen LogP contribution in [0.2, 0.25) is 5.02 Å². The maximum absolute atomic E-state index is 12.8. The van der Waals surface area contributed by atoms with Crippen molar-refractivity contribution in [1.82, 2.24) is 8.87 Å². The van der Waals surface area contributed by atoms with Gasteiger partial charge in [-0.2, -0.15) is 4.31 Å². The van der Waals surface area contributed by atoms with Gasteiger partial charge in [-0.15, -0.1) is 0 Å². The average molecular weight is 426 g/mol. The number of anilines is 1. The van der Waals surface area contributed by atoms with Gasteiger partial charge in [0.05, 0.1) is 18.2 Å². The molecule has 1 N–H and O–H groups in total. The molecule has 0 spiro atoms. The second-order valence-corrected chi connectivity index (χ2v) is 8.65. The number of hydrogen-bond acceptors (Lipinski definition) is 5. The lowest BCUT2D eigenvalue weighted by Gasteiger charge is -2.26. The summed E-state index contributed by atoms with van der Waals surface area (Å²) in [4.78, 5) is 24.3. The van der Waals surface area contributed by atoms with E-state index in [1.165, 1.54) is 33.3 Å². The number of carbonyl (C=O) groups excluding carboxylic acids is 1. The molecule has 0 saturated carbocycles. The molecule has 10 heteroatoms. The first-order valence-electron chi connectivity index (χ1n) is 8.62. The predicted octanol–water partition coefficient (Wildman–Crippen LogP) is 1.47. The van der Waals surface area contributed by atoms with Crippen molar-refractivity contribution in [2.75, 3.05) is 31.6 Å². The Hall–Kier alpha value is -2.20. The van der Waals surface area contributed by atoms with E-state index in [9.17, 15) is 18.0 Å². The van der Waals surface area contributed by atoms with E-state index >= 15 is 0 Å². The van der Waals surface area contributed by atoms with E-state index in [-0.39, 0.29) is 40.8 Å². The van der Waals surface area contributed by atoms with E-state index in [1.54, 1.807) is 19.1 Å². The van der Waals surface area contributed by atoms with Gasteiger partial charge >= 0.3 is 0 Å². The summed E-state index contributed by atoms with van der Waals surface area (Å²) in [5.74, 6) is -0.454. The van der Waals surface area contributed by atoms with Crippen LogP contribution in [0.3, 0.4) is 0 Å². The second-order valence-electron chi connectivity index (χ2n) is 6.33. The van der Waals surface area contributed by atoms with Crippen molar-refractivity contribution in [3.63, 3.8) is 0 Å². The zero-order valence-corrected chi connectivity index (χ0v) is 16.8. The van der Waals surface area contributed by atoms with Gasteiger partial charge in [0.25, 0.3) is 5.56 Å². The lowest BCUT2D eigenvalue weighted by molar-refractivity contribution is -0.116. The molecule has 0 aliphatic carbocycles. The number of amides is 1. The third kappa shape index (κ3) is 4.44. The topological polar surface area (TPSA) is 97.7 Å². The van der Waals surface area contributed by atoms with Crippen molar-refractivity contribution in [2.24, 2.45) is 0 Å². The van der Waals surface area contributed by atoms with E-state index in [0.29, 0.717) is 18.8 Å². The summed E-state index contributed by atoms with van der Waals surface area (Å²) in [6.07, 6.45) is 1.52. The highest BCUT2D eigenvalue weighted by atomic mass is 35.5. The van der Waals surface area contributed by atoms with Crippen molar-refractivity contribution in [1.29, 1.82) is 0 Å². The second kappa shape index (κ2) is 8.44. The van der Waals surface area contributed by atoms with Gasteiger partial charge in [0.1, 0.15) is 11.4 Å². The number of halogens is 1. The minimum absolute atomic E-state index is 0.0689. The molecule has 0 atom stereocenters. The Bertz CT molecular complexity index is 1050. The Morgan fingerprint density at radius 2 is 1.96 bits per heavy atom. The molecular weight excluding hydrogens is 406 g/mol. The fourth-order valence-electron chi connectivity index (χ4n) is 2.84. The van der Waals surface area contributed by atoms with Crippen LogP contribution in [0.5, 0.6) is 0 Å². The number of pyridine rings is 1. The molecule has 1 saturated heterocycles. The van der Waals surface area contributed by atoms with Gasteiger partial charge < -0.3 is 14.6 Å². The fraction of sp³-hybridized carbons (Fsp3) is 0.333. The summed E-state index contributed by atoms with van der Waals surface area (Å²) in [6.45, 7) is 2.60. The van der Waals surface area contributed by atoms with Gasteiger partial charge in [0.15, 0.2) is 0 Å². The predicted molar refractivity (Wildman–Crippen MR) is 105 cm³/mol. The molecule has 150 valence electrons. The number of rotatable bonds is 5. The summed E-state index contributed by atoms with van der Waals surface area (Å²) < 4.78 is 33.5. The Labute approximate surface area is 167 Å². The molecule has 1 aromatic heterocycles. The summed E-state index contributed by atoms with van der Waals surface area (Å²) >= 11 is 6.11. The van der Waals surface area contributed by atoms with Gasteiger partial charge in [-0.25, -0.2) is 8.42 Å². The normalized spacial score (nSPS) is 15.4. The van der Waals surface area contributed by atoms with Crippen LogP contribution >= 0.6 is 11.6 Å². The molecule has 2 heterocycles. The van der Waals surface area contributed by atoms with Crippen LogP contribution in [0.4, 0.5) is 5.69 Å². The molecule has 28 heavy (non-hydrogen) atoms.